The van der Waals surface area contributed by atoms with Gasteiger partial charge in [-0.3, -0.25) is 14.3 Å². The van der Waals surface area contributed by atoms with Crippen LogP contribution in [-0.4, -0.2) is 38.0 Å². The molecule has 1 unspecified atom stereocenters. The van der Waals surface area contributed by atoms with Crippen molar-refractivity contribution in [1.82, 2.24) is 9.55 Å². The first-order valence-electron chi connectivity index (χ1n) is 5.05. The molecule has 102 valence electrons. The summed E-state index contributed by atoms with van der Waals surface area (Å²) < 4.78 is 18.8. The van der Waals surface area contributed by atoms with Gasteiger partial charge in [0.05, 0.1) is 6.20 Å². The molecular weight excluding hydrogens is 251 g/mol. The van der Waals surface area contributed by atoms with Crippen molar-refractivity contribution in [1.29, 1.82) is 0 Å². The predicted octanol–water partition coefficient (Wildman–Crippen LogP) is -1.77. The Morgan fingerprint density at radius 1 is 1.44 bits per heavy atom. The van der Waals surface area contributed by atoms with Gasteiger partial charge in [0.2, 0.25) is 5.82 Å². The second kappa shape index (κ2) is 6.40. The number of aliphatic hydroxyl groups is 3. The first kappa shape index (κ1) is 14.5. The van der Waals surface area contributed by atoms with E-state index in [0.29, 0.717) is 12.8 Å². The Hall–Kier alpha value is -1.55. The van der Waals surface area contributed by atoms with E-state index in [4.69, 9.17) is 20.1 Å². The van der Waals surface area contributed by atoms with Gasteiger partial charge in [0.15, 0.2) is 6.29 Å². The van der Waals surface area contributed by atoms with Crippen LogP contribution in [0, 0.1) is 5.82 Å². The Balaban J connectivity index is 0.000000492. The van der Waals surface area contributed by atoms with Crippen LogP contribution in [0.1, 0.15) is 19.1 Å². The summed E-state index contributed by atoms with van der Waals surface area (Å²) in [6.07, 6.45) is -0.121. The fourth-order valence-electron chi connectivity index (χ4n) is 1.48. The van der Waals surface area contributed by atoms with Crippen LogP contribution >= 0.6 is 0 Å². The van der Waals surface area contributed by atoms with Crippen LogP contribution < -0.4 is 11.2 Å². The number of hydrogen-bond acceptors (Lipinski definition) is 6. The van der Waals surface area contributed by atoms with Gasteiger partial charge in [0, 0.05) is 6.42 Å². The number of aromatic amines is 1. The van der Waals surface area contributed by atoms with Crippen LogP contribution in [0.15, 0.2) is 15.8 Å². The predicted molar refractivity (Wildman–Crippen MR) is 55.9 cm³/mol. The van der Waals surface area contributed by atoms with Crippen molar-refractivity contribution in [2.75, 3.05) is 6.79 Å². The number of rotatable bonds is 1. The van der Waals surface area contributed by atoms with Crippen molar-refractivity contribution in [2.45, 2.75) is 25.4 Å². The van der Waals surface area contributed by atoms with Gasteiger partial charge in [-0.05, 0) is 6.42 Å². The second-order valence-corrected chi connectivity index (χ2v) is 3.41. The molecule has 0 saturated carbocycles. The molecule has 1 aromatic heterocycles. The molecule has 1 saturated heterocycles. The second-order valence-electron chi connectivity index (χ2n) is 3.41. The lowest BCUT2D eigenvalue weighted by Gasteiger charge is -2.12. The van der Waals surface area contributed by atoms with Crippen LogP contribution in [0.3, 0.4) is 0 Å². The zero-order chi connectivity index (χ0) is 13.7. The molecule has 0 amide bonds. The lowest BCUT2D eigenvalue weighted by molar-refractivity contribution is -0.114. The lowest BCUT2D eigenvalue weighted by Crippen LogP contribution is -2.33. The summed E-state index contributed by atoms with van der Waals surface area (Å²) in [7, 11) is 0. The molecular formula is C9H13FN2O6. The highest BCUT2D eigenvalue weighted by atomic mass is 19.1. The van der Waals surface area contributed by atoms with Crippen molar-refractivity contribution in [3.05, 3.63) is 32.9 Å². The van der Waals surface area contributed by atoms with E-state index in [9.17, 15) is 14.0 Å². The molecule has 2 rings (SSSR count). The van der Waals surface area contributed by atoms with E-state index in [1.807, 2.05) is 4.98 Å². The summed E-state index contributed by atoms with van der Waals surface area (Å²) in [5, 5.41) is 23.3. The average molecular weight is 264 g/mol. The summed E-state index contributed by atoms with van der Waals surface area (Å²) in [5.74, 6) is -1.06. The number of aromatic nitrogens is 2. The molecule has 1 fully saturated rings. The van der Waals surface area contributed by atoms with Crippen molar-refractivity contribution in [2.24, 2.45) is 0 Å². The Bertz CT molecular complexity index is 499. The lowest BCUT2D eigenvalue weighted by atomic mass is 10.3. The number of nitrogens with zero attached hydrogens (tertiary/aromatic N) is 1. The molecule has 4 N–H and O–H groups in total. The minimum Gasteiger partial charge on any atom is -0.371 e. The number of halogens is 1. The Labute approximate surface area is 99.9 Å². The van der Waals surface area contributed by atoms with Gasteiger partial charge in [-0.2, -0.15) is 4.39 Å². The third-order valence-electron chi connectivity index (χ3n) is 2.21. The van der Waals surface area contributed by atoms with Crippen molar-refractivity contribution >= 4 is 0 Å². The Morgan fingerprint density at radius 3 is 2.56 bits per heavy atom. The average Bonchev–Trinajstić information content (AvgIpc) is 2.71. The van der Waals surface area contributed by atoms with Crippen molar-refractivity contribution in [3.8, 4) is 0 Å². The highest BCUT2D eigenvalue weighted by Crippen LogP contribution is 2.24. The molecule has 1 aliphatic rings. The molecule has 18 heavy (non-hydrogen) atoms. The van der Waals surface area contributed by atoms with E-state index in [2.05, 4.69) is 0 Å². The minimum absolute atomic E-state index is 0.373. The zero-order valence-corrected chi connectivity index (χ0v) is 9.24. The standard InChI is InChI=1S/C8H9FN2O4.CH4O2/c9-4-3-11(8(14)10-7(4)13)5-1-2-6(12)15-5;2-1-3/h3,5-6,12H,1-2H2,(H,10,13,14);2-3H,1H2/t5?,6-;/m0./s1. The van der Waals surface area contributed by atoms with Gasteiger partial charge in [-0.15, -0.1) is 0 Å². The molecule has 0 aliphatic carbocycles. The van der Waals surface area contributed by atoms with Crippen molar-refractivity contribution < 1.29 is 24.4 Å². The number of ether oxygens (including phenoxy) is 1. The quantitative estimate of drug-likeness (QED) is 0.445. The zero-order valence-electron chi connectivity index (χ0n) is 9.24. The minimum atomic E-state index is -1.06. The van der Waals surface area contributed by atoms with E-state index < -0.39 is 36.4 Å². The van der Waals surface area contributed by atoms with Crippen LogP contribution in [0.25, 0.3) is 0 Å². The van der Waals surface area contributed by atoms with Gasteiger partial charge >= 0.3 is 5.69 Å². The molecule has 0 spiro atoms. The largest absolute Gasteiger partial charge is 0.371 e. The smallest absolute Gasteiger partial charge is 0.330 e. The maximum Gasteiger partial charge on any atom is 0.330 e. The molecule has 1 aliphatic heterocycles. The Kier molecular flexibility index (Phi) is 5.16. The Morgan fingerprint density at radius 2 is 2.06 bits per heavy atom. The molecule has 0 radical (unpaired) electrons. The van der Waals surface area contributed by atoms with E-state index in [1.54, 1.807) is 0 Å². The number of nitrogens with one attached hydrogen (secondary N) is 1. The summed E-state index contributed by atoms with van der Waals surface area (Å²) >= 11 is 0. The first-order valence-corrected chi connectivity index (χ1v) is 5.05. The summed E-state index contributed by atoms with van der Waals surface area (Å²) in [6, 6.07) is 0. The van der Waals surface area contributed by atoms with Crippen LogP contribution in [-0.2, 0) is 4.74 Å². The highest BCUT2D eigenvalue weighted by molar-refractivity contribution is 4.89. The molecule has 0 aromatic carbocycles. The van der Waals surface area contributed by atoms with Crippen LogP contribution in [0.5, 0.6) is 0 Å². The summed E-state index contributed by atoms with van der Waals surface area (Å²) in [4.78, 5) is 23.8. The van der Waals surface area contributed by atoms with Crippen LogP contribution in [0.4, 0.5) is 4.39 Å². The van der Waals surface area contributed by atoms with Gasteiger partial charge < -0.3 is 20.1 Å². The molecule has 2 atom stereocenters. The maximum absolute atomic E-state index is 12.9. The molecule has 2 heterocycles. The summed E-state index contributed by atoms with van der Waals surface area (Å²) in [6.45, 7) is -0.750. The molecule has 8 nitrogen and oxygen atoms in total. The number of hydrogen-bond donors (Lipinski definition) is 4. The highest BCUT2D eigenvalue weighted by Gasteiger charge is 2.26. The molecule has 0 bridgehead atoms. The fourth-order valence-corrected chi connectivity index (χ4v) is 1.48. The van der Waals surface area contributed by atoms with E-state index in [-0.39, 0.29) is 0 Å². The molecule has 9 heteroatoms. The topological polar surface area (TPSA) is 125 Å². The maximum atomic E-state index is 12.9. The van der Waals surface area contributed by atoms with Gasteiger partial charge in [-0.1, -0.05) is 0 Å². The fraction of sp³-hybridized carbons (Fsp3) is 0.556. The third-order valence-corrected chi connectivity index (χ3v) is 2.21. The SMILES string of the molecule is O=c1[nH]c(=O)n(C2CC[C@@H](O)O2)cc1F.OCO. The first-order chi connectivity index (χ1) is 8.49. The number of H-pyrrole nitrogens is 1. The van der Waals surface area contributed by atoms with Crippen LogP contribution in [0.2, 0.25) is 0 Å². The van der Waals surface area contributed by atoms with Gasteiger partial charge in [0.1, 0.15) is 13.0 Å². The monoisotopic (exact) mass is 264 g/mol. The van der Waals surface area contributed by atoms with E-state index >= 15 is 0 Å². The van der Waals surface area contributed by atoms with E-state index in [0.717, 1.165) is 10.8 Å². The van der Waals surface area contributed by atoms with Gasteiger partial charge in [0.25, 0.3) is 5.56 Å². The molecule has 1 aromatic rings. The number of aliphatic hydroxyl groups excluding tert-OH is 2. The summed E-state index contributed by atoms with van der Waals surface area (Å²) in [5.41, 5.74) is -1.81. The van der Waals surface area contributed by atoms with E-state index in [1.165, 1.54) is 0 Å². The third kappa shape index (κ3) is 3.47. The normalized spacial score (nSPS) is 22.4. The van der Waals surface area contributed by atoms with Gasteiger partial charge in [-0.25, -0.2) is 4.79 Å². The van der Waals surface area contributed by atoms with Crippen molar-refractivity contribution in [3.63, 3.8) is 0 Å².